The highest BCUT2D eigenvalue weighted by Gasteiger charge is 2.08. The van der Waals surface area contributed by atoms with E-state index in [1.165, 1.54) is 5.56 Å². The van der Waals surface area contributed by atoms with Gasteiger partial charge in [0.1, 0.15) is 0 Å². The predicted molar refractivity (Wildman–Crippen MR) is 123 cm³/mol. The number of allylic oxidation sites excluding steroid dienone is 1. The van der Waals surface area contributed by atoms with Gasteiger partial charge in [-0.15, -0.1) is 6.58 Å². The van der Waals surface area contributed by atoms with E-state index < -0.39 is 0 Å². The second-order valence-corrected chi connectivity index (χ2v) is 6.97. The Labute approximate surface area is 178 Å². The van der Waals surface area contributed by atoms with Gasteiger partial charge < -0.3 is 14.8 Å². The van der Waals surface area contributed by atoms with Crippen LogP contribution in [0.5, 0.6) is 0 Å². The van der Waals surface area contributed by atoms with E-state index in [-0.39, 0.29) is 5.91 Å². The third-order valence-electron chi connectivity index (χ3n) is 4.78. The molecule has 2 aromatic carbocycles. The number of carbonyl (C=O) groups is 1. The minimum atomic E-state index is -0.0722. The van der Waals surface area contributed by atoms with Crippen LogP contribution in [0.15, 0.2) is 92.1 Å². The van der Waals surface area contributed by atoms with Gasteiger partial charge in [0.2, 0.25) is 0 Å². The SMILES string of the molecule is C=CCN(/C=C\C)c1ccc(C(=O)NCCc2cncn2Cc2ccccc2)cc1. The highest BCUT2D eigenvalue weighted by Crippen LogP contribution is 2.16. The Kier molecular flexibility index (Phi) is 7.61. The number of nitrogens with one attached hydrogen (secondary N) is 1. The molecule has 0 spiro atoms. The van der Waals surface area contributed by atoms with Crippen molar-refractivity contribution in [1.82, 2.24) is 14.9 Å². The van der Waals surface area contributed by atoms with Crippen LogP contribution >= 0.6 is 0 Å². The molecule has 1 amide bonds. The van der Waals surface area contributed by atoms with Crippen LogP contribution in [-0.4, -0.2) is 28.5 Å². The highest BCUT2D eigenvalue weighted by atomic mass is 16.1. The van der Waals surface area contributed by atoms with Crippen molar-refractivity contribution in [3.63, 3.8) is 0 Å². The van der Waals surface area contributed by atoms with E-state index in [0.29, 0.717) is 18.7 Å². The van der Waals surface area contributed by atoms with Gasteiger partial charge in [0.05, 0.1) is 6.33 Å². The van der Waals surface area contributed by atoms with Crippen molar-refractivity contribution in [2.45, 2.75) is 19.9 Å². The van der Waals surface area contributed by atoms with Crippen LogP contribution in [0.3, 0.4) is 0 Å². The van der Waals surface area contributed by atoms with Crippen LogP contribution in [0, 0.1) is 0 Å². The van der Waals surface area contributed by atoms with Crippen molar-refractivity contribution in [1.29, 1.82) is 0 Å². The third-order valence-corrected chi connectivity index (χ3v) is 4.78. The Morgan fingerprint density at radius 3 is 2.63 bits per heavy atom. The number of aromatic nitrogens is 2. The molecule has 0 aliphatic heterocycles. The number of imidazole rings is 1. The summed E-state index contributed by atoms with van der Waals surface area (Å²) in [6.45, 7) is 7.82. The van der Waals surface area contributed by atoms with Crippen molar-refractivity contribution < 1.29 is 4.79 Å². The molecule has 30 heavy (non-hydrogen) atoms. The van der Waals surface area contributed by atoms with E-state index in [9.17, 15) is 4.79 Å². The van der Waals surface area contributed by atoms with Crippen LogP contribution in [0.1, 0.15) is 28.5 Å². The number of hydrogen-bond acceptors (Lipinski definition) is 3. The quantitative estimate of drug-likeness (QED) is 0.512. The Bertz CT molecular complexity index is 974. The van der Waals surface area contributed by atoms with Crippen molar-refractivity contribution >= 4 is 11.6 Å². The third kappa shape index (κ3) is 5.70. The van der Waals surface area contributed by atoms with E-state index in [0.717, 1.165) is 24.3 Å². The fourth-order valence-electron chi connectivity index (χ4n) is 3.26. The van der Waals surface area contributed by atoms with Gasteiger partial charge in [-0.1, -0.05) is 42.5 Å². The van der Waals surface area contributed by atoms with Gasteiger partial charge >= 0.3 is 0 Å². The van der Waals surface area contributed by atoms with Crippen molar-refractivity contribution in [3.05, 3.63) is 109 Å². The number of carbonyl (C=O) groups excluding carboxylic acids is 1. The summed E-state index contributed by atoms with van der Waals surface area (Å²) < 4.78 is 2.12. The van der Waals surface area contributed by atoms with Crippen molar-refractivity contribution in [3.8, 4) is 0 Å². The molecule has 0 bridgehead atoms. The largest absolute Gasteiger partial charge is 0.352 e. The van der Waals surface area contributed by atoms with Crippen LogP contribution in [0.25, 0.3) is 0 Å². The second kappa shape index (κ2) is 10.8. The average Bonchev–Trinajstić information content (AvgIpc) is 3.21. The van der Waals surface area contributed by atoms with Gasteiger partial charge in [-0.05, 0) is 36.8 Å². The van der Waals surface area contributed by atoms with Crippen LogP contribution in [-0.2, 0) is 13.0 Å². The maximum absolute atomic E-state index is 12.5. The molecule has 0 saturated heterocycles. The van der Waals surface area contributed by atoms with E-state index in [4.69, 9.17) is 0 Å². The number of rotatable bonds is 10. The molecular formula is C25H28N4O. The Hall–Kier alpha value is -3.60. The van der Waals surface area contributed by atoms with Gasteiger partial charge in [0.15, 0.2) is 0 Å². The molecule has 0 unspecified atom stereocenters. The maximum atomic E-state index is 12.5. The summed E-state index contributed by atoms with van der Waals surface area (Å²) in [5.74, 6) is -0.0722. The first kappa shape index (κ1) is 21.1. The monoisotopic (exact) mass is 400 g/mol. The number of nitrogens with zero attached hydrogens (tertiary/aromatic N) is 3. The number of hydrogen-bond donors (Lipinski definition) is 1. The molecule has 154 valence electrons. The molecular weight excluding hydrogens is 372 g/mol. The van der Waals surface area contributed by atoms with Crippen LogP contribution < -0.4 is 10.2 Å². The molecule has 5 heteroatoms. The Balaban J connectivity index is 1.54. The highest BCUT2D eigenvalue weighted by molar-refractivity contribution is 5.94. The second-order valence-electron chi connectivity index (χ2n) is 6.97. The lowest BCUT2D eigenvalue weighted by molar-refractivity contribution is 0.0954. The summed E-state index contributed by atoms with van der Waals surface area (Å²) in [5.41, 5.74) is 4.00. The molecule has 1 heterocycles. The first-order valence-corrected chi connectivity index (χ1v) is 10.1. The lowest BCUT2D eigenvalue weighted by Gasteiger charge is -2.18. The lowest BCUT2D eigenvalue weighted by atomic mass is 10.1. The zero-order valence-corrected chi connectivity index (χ0v) is 17.4. The molecule has 1 aromatic heterocycles. The number of amides is 1. The summed E-state index contributed by atoms with van der Waals surface area (Å²) >= 11 is 0. The molecule has 0 aliphatic rings. The van der Waals surface area contributed by atoms with Crippen molar-refractivity contribution in [2.75, 3.05) is 18.0 Å². The smallest absolute Gasteiger partial charge is 0.251 e. The minimum absolute atomic E-state index is 0.0722. The van der Waals surface area contributed by atoms with E-state index in [2.05, 4.69) is 38.5 Å². The Morgan fingerprint density at radius 2 is 1.93 bits per heavy atom. The summed E-state index contributed by atoms with van der Waals surface area (Å²) in [6.07, 6.45) is 10.2. The first-order chi connectivity index (χ1) is 14.7. The van der Waals surface area contributed by atoms with Gasteiger partial charge in [-0.3, -0.25) is 4.79 Å². The molecule has 0 saturated carbocycles. The fraction of sp³-hybridized carbons (Fsp3) is 0.200. The summed E-state index contributed by atoms with van der Waals surface area (Å²) in [5, 5.41) is 3.00. The molecule has 5 nitrogen and oxygen atoms in total. The molecule has 1 N–H and O–H groups in total. The topological polar surface area (TPSA) is 50.2 Å². The van der Waals surface area contributed by atoms with Crippen LogP contribution in [0.2, 0.25) is 0 Å². The fourth-order valence-corrected chi connectivity index (χ4v) is 3.26. The normalized spacial score (nSPS) is 10.8. The molecule has 0 fully saturated rings. The summed E-state index contributed by atoms with van der Waals surface area (Å²) in [7, 11) is 0. The molecule has 3 aromatic rings. The number of benzene rings is 2. The minimum Gasteiger partial charge on any atom is -0.352 e. The van der Waals surface area contributed by atoms with Gasteiger partial charge in [0.25, 0.3) is 5.91 Å². The van der Waals surface area contributed by atoms with Gasteiger partial charge in [0, 0.05) is 55.4 Å². The van der Waals surface area contributed by atoms with E-state index in [1.807, 2.05) is 80.3 Å². The molecule has 0 radical (unpaired) electrons. The zero-order chi connectivity index (χ0) is 21.2. The first-order valence-electron chi connectivity index (χ1n) is 10.1. The molecule has 3 rings (SSSR count). The van der Waals surface area contributed by atoms with Crippen molar-refractivity contribution in [2.24, 2.45) is 0 Å². The molecule has 0 atom stereocenters. The average molecular weight is 401 g/mol. The maximum Gasteiger partial charge on any atom is 0.251 e. The van der Waals surface area contributed by atoms with Gasteiger partial charge in [-0.2, -0.15) is 0 Å². The summed E-state index contributed by atoms with van der Waals surface area (Å²) in [6, 6.07) is 17.9. The van der Waals surface area contributed by atoms with Gasteiger partial charge in [-0.25, -0.2) is 4.98 Å². The predicted octanol–water partition coefficient (Wildman–Crippen LogP) is 4.43. The number of anilines is 1. The van der Waals surface area contributed by atoms with E-state index >= 15 is 0 Å². The Morgan fingerprint density at radius 1 is 1.17 bits per heavy atom. The van der Waals surface area contributed by atoms with Crippen LogP contribution in [0.4, 0.5) is 5.69 Å². The van der Waals surface area contributed by atoms with E-state index in [1.54, 1.807) is 0 Å². The lowest BCUT2D eigenvalue weighted by Crippen LogP contribution is -2.26. The zero-order valence-electron chi connectivity index (χ0n) is 17.4. The standard InChI is InChI=1S/C25H28N4O/c1-3-16-28(17-4-2)23-12-10-22(11-13-23)25(30)27-15-14-24-18-26-20-29(24)19-21-8-6-5-7-9-21/h3-13,17-18,20H,1,14-16,19H2,2H3,(H,27,30)/b17-4-. The summed E-state index contributed by atoms with van der Waals surface area (Å²) in [4.78, 5) is 18.8. The molecule has 0 aliphatic carbocycles.